The fourth-order valence-electron chi connectivity index (χ4n) is 2.30. The van der Waals surface area contributed by atoms with Gasteiger partial charge in [0.2, 0.25) is 0 Å². The van der Waals surface area contributed by atoms with Crippen LogP contribution in [0, 0.1) is 0 Å². The van der Waals surface area contributed by atoms with Crippen LogP contribution >= 0.6 is 0 Å². The Balaban J connectivity index is 1.98. The molecule has 0 heterocycles. The van der Waals surface area contributed by atoms with Gasteiger partial charge in [-0.05, 0) is 30.7 Å². The number of nitrogens with zero attached hydrogens (tertiary/aromatic N) is 1. The number of nitrogens with two attached hydrogens (primary N) is 1. The number of para-hydroxylation sites is 1. The molecule has 0 spiro atoms. The Bertz CT molecular complexity index is 726. The summed E-state index contributed by atoms with van der Waals surface area (Å²) in [4.78, 5) is 16.1. The lowest BCUT2D eigenvalue weighted by atomic mass is 10.1. The van der Waals surface area contributed by atoms with Gasteiger partial charge in [0, 0.05) is 30.5 Å². The molecule has 0 saturated carbocycles. The first-order chi connectivity index (χ1) is 12.1. The molecule has 6 nitrogen and oxygen atoms in total. The maximum Gasteiger partial charge on any atom is 0.251 e. The van der Waals surface area contributed by atoms with Crippen LogP contribution in [0.25, 0.3) is 0 Å². The van der Waals surface area contributed by atoms with E-state index in [1.54, 1.807) is 19.2 Å². The van der Waals surface area contributed by atoms with Crippen molar-refractivity contribution in [3.8, 4) is 0 Å². The summed E-state index contributed by atoms with van der Waals surface area (Å²) in [6, 6.07) is 15.1. The zero-order valence-electron chi connectivity index (χ0n) is 14.6. The number of methoxy groups -OCH3 is 1. The standard InChI is InChI=1S/C19H24N4O2/c1-3-21-18(24)15-10-8-14(9-11-15)12-22-19(20)23-17-7-5-4-6-16(17)13-25-2/h4-11H,3,12-13H2,1-2H3,(H,21,24)(H3,20,22,23). The number of carbonyl (C=O) groups excluding carboxylic acids is 1. The van der Waals surface area contributed by atoms with Gasteiger partial charge in [-0.3, -0.25) is 4.79 Å². The molecule has 0 aliphatic rings. The van der Waals surface area contributed by atoms with E-state index in [0.29, 0.717) is 31.2 Å². The van der Waals surface area contributed by atoms with Gasteiger partial charge >= 0.3 is 0 Å². The molecule has 1 amide bonds. The summed E-state index contributed by atoms with van der Waals surface area (Å²) >= 11 is 0. The maximum absolute atomic E-state index is 11.7. The van der Waals surface area contributed by atoms with Crippen LogP contribution in [0.5, 0.6) is 0 Å². The molecule has 0 unspecified atom stereocenters. The summed E-state index contributed by atoms with van der Waals surface area (Å²) in [5, 5.41) is 5.86. The molecule has 0 bridgehead atoms. The molecule has 0 atom stereocenters. The normalized spacial score (nSPS) is 11.2. The molecular weight excluding hydrogens is 316 g/mol. The molecule has 0 aliphatic heterocycles. The van der Waals surface area contributed by atoms with Gasteiger partial charge in [0.25, 0.3) is 5.91 Å². The molecule has 132 valence electrons. The lowest BCUT2D eigenvalue weighted by Crippen LogP contribution is -2.23. The molecule has 25 heavy (non-hydrogen) atoms. The van der Waals surface area contributed by atoms with E-state index in [-0.39, 0.29) is 5.91 Å². The van der Waals surface area contributed by atoms with E-state index in [0.717, 1.165) is 16.8 Å². The van der Waals surface area contributed by atoms with E-state index in [1.807, 2.05) is 43.3 Å². The van der Waals surface area contributed by atoms with Crippen LogP contribution in [-0.2, 0) is 17.9 Å². The molecule has 0 saturated heterocycles. The van der Waals surface area contributed by atoms with Crippen LogP contribution in [0.2, 0.25) is 0 Å². The first kappa shape index (κ1) is 18.5. The maximum atomic E-state index is 11.7. The minimum Gasteiger partial charge on any atom is -0.380 e. The van der Waals surface area contributed by atoms with Gasteiger partial charge in [-0.1, -0.05) is 30.3 Å². The van der Waals surface area contributed by atoms with Crippen LogP contribution in [0.3, 0.4) is 0 Å². The van der Waals surface area contributed by atoms with Gasteiger partial charge in [-0.2, -0.15) is 0 Å². The second kappa shape index (κ2) is 9.44. The number of guanidine groups is 1. The van der Waals surface area contributed by atoms with Gasteiger partial charge in [0.15, 0.2) is 5.96 Å². The number of aliphatic imine (C=N–C) groups is 1. The first-order valence-corrected chi connectivity index (χ1v) is 8.15. The molecule has 0 fully saturated rings. The zero-order chi connectivity index (χ0) is 18.1. The summed E-state index contributed by atoms with van der Waals surface area (Å²) in [6.45, 7) is 3.43. The summed E-state index contributed by atoms with van der Waals surface area (Å²) in [7, 11) is 1.65. The van der Waals surface area contributed by atoms with Gasteiger partial charge in [-0.15, -0.1) is 0 Å². The average Bonchev–Trinajstić information content (AvgIpc) is 2.62. The largest absolute Gasteiger partial charge is 0.380 e. The van der Waals surface area contributed by atoms with Crippen LogP contribution in [0.4, 0.5) is 5.69 Å². The number of amides is 1. The number of anilines is 1. The third-order valence-electron chi connectivity index (χ3n) is 3.57. The first-order valence-electron chi connectivity index (χ1n) is 8.15. The smallest absolute Gasteiger partial charge is 0.251 e. The highest BCUT2D eigenvalue weighted by atomic mass is 16.5. The molecule has 2 rings (SSSR count). The van der Waals surface area contributed by atoms with E-state index >= 15 is 0 Å². The van der Waals surface area contributed by atoms with E-state index in [9.17, 15) is 4.79 Å². The minimum absolute atomic E-state index is 0.0755. The van der Waals surface area contributed by atoms with Gasteiger partial charge in [0.05, 0.1) is 13.2 Å². The Morgan fingerprint density at radius 1 is 1.16 bits per heavy atom. The van der Waals surface area contributed by atoms with Crippen molar-refractivity contribution >= 4 is 17.6 Å². The van der Waals surface area contributed by atoms with Crippen molar-refractivity contribution in [2.24, 2.45) is 10.7 Å². The number of rotatable bonds is 7. The number of hydrogen-bond donors (Lipinski definition) is 3. The van der Waals surface area contributed by atoms with Crippen molar-refractivity contribution in [2.75, 3.05) is 19.0 Å². The molecule has 2 aromatic rings. The molecule has 0 radical (unpaired) electrons. The number of hydrogen-bond acceptors (Lipinski definition) is 3. The highest BCUT2D eigenvalue weighted by molar-refractivity contribution is 5.94. The molecule has 2 aromatic carbocycles. The topological polar surface area (TPSA) is 88.7 Å². The zero-order valence-corrected chi connectivity index (χ0v) is 14.6. The summed E-state index contributed by atoms with van der Waals surface area (Å²) in [5.41, 5.74) is 9.46. The number of ether oxygens (including phenoxy) is 1. The molecular formula is C19H24N4O2. The quantitative estimate of drug-likeness (QED) is 0.534. The van der Waals surface area contributed by atoms with Crippen molar-refractivity contribution in [1.29, 1.82) is 0 Å². The fraction of sp³-hybridized carbons (Fsp3) is 0.263. The SMILES string of the molecule is CCNC(=O)c1ccc(CN=C(N)Nc2ccccc2COC)cc1. The molecule has 0 aliphatic carbocycles. The second-order valence-electron chi connectivity index (χ2n) is 5.47. The average molecular weight is 340 g/mol. The Morgan fingerprint density at radius 3 is 2.56 bits per heavy atom. The van der Waals surface area contributed by atoms with Crippen molar-refractivity contribution < 1.29 is 9.53 Å². The molecule has 6 heteroatoms. The third kappa shape index (κ3) is 5.61. The van der Waals surface area contributed by atoms with Crippen LogP contribution in [0.15, 0.2) is 53.5 Å². The third-order valence-corrected chi connectivity index (χ3v) is 3.57. The highest BCUT2D eigenvalue weighted by Gasteiger charge is 2.04. The lowest BCUT2D eigenvalue weighted by molar-refractivity contribution is 0.0956. The summed E-state index contributed by atoms with van der Waals surface area (Å²) in [6.07, 6.45) is 0. The Morgan fingerprint density at radius 2 is 1.88 bits per heavy atom. The highest BCUT2D eigenvalue weighted by Crippen LogP contribution is 2.15. The summed E-state index contributed by atoms with van der Waals surface area (Å²) in [5.74, 6) is 0.254. The predicted octanol–water partition coefficient (Wildman–Crippen LogP) is 2.51. The van der Waals surface area contributed by atoms with E-state index in [1.165, 1.54) is 0 Å². The van der Waals surface area contributed by atoms with Gasteiger partial charge < -0.3 is 21.1 Å². The van der Waals surface area contributed by atoms with Crippen molar-refractivity contribution in [3.05, 3.63) is 65.2 Å². The molecule has 4 N–H and O–H groups in total. The minimum atomic E-state index is -0.0755. The fourth-order valence-corrected chi connectivity index (χ4v) is 2.30. The van der Waals surface area contributed by atoms with Crippen LogP contribution in [0.1, 0.15) is 28.4 Å². The van der Waals surface area contributed by atoms with Gasteiger partial charge in [-0.25, -0.2) is 4.99 Å². The van der Waals surface area contributed by atoms with Crippen molar-refractivity contribution in [1.82, 2.24) is 5.32 Å². The predicted molar refractivity (Wildman–Crippen MR) is 101 cm³/mol. The van der Waals surface area contributed by atoms with Crippen molar-refractivity contribution in [3.63, 3.8) is 0 Å². The summed E-state index contributed by atoms with van der Waals surface area (Å²) < 4.78 is 5.17. The second-order valence-corrected chi connectivity index (χ2v) is 5.47. The molecule has 0 aromatic heterocycles. The van der Waals surface area contributed by atoms with Gasteiger partial charge in [0.1, 0.15) is 0 Å². The number of benzene rings is 2. The monoisotopic (exact) mass is 340 g/mol. The Hall–Kier alpha value is -2.86. The Kier molecular flexibility index (Phi) is 6.98. The van der Waals surface area contributed by atoms with Crippen LogP contribution < -0.4 is 16.4 Å². The van der Waals surface area contributed by atoms with E-state index in [4.69, 9.17) is 10.5 Å². The Labute approximate surface area is 148 Å². The lowest BCUT2D eigenvalue weighted by Gasteiger charge is -2.11. The van der Waals surface area contributed by atoms with Crippen molar-refractivity contribution in [2.45, 2.75) is 20.1 Å². The van der Waals surface area contributed by atoms with Crippen LogP contribution in [-0.4, -0.2) is 25.5 Å². The van der Waals surface area contributed by atoms with E-state index < -0.39 is 0 Å². The number of nitrogens with one attached hydrogen (secondary N) is 2. The van der Waals surface area contributed by atoms with E-state index in [2.05, 4.69) is 15.6 Å². The number of carbonyl (C=O) groups is 1.